The maximum atomic E-state index is 5.65. The first-order chi connectivity index (χ1) is 8.65. The number of hydrogen-bond acceptors (Lipinski definition) is 2. The van der Waals surface area contributed by atoms with Crippen molar-refractivity contribution in [2.75, 3.05) is 20.2 Å². The maximum absolute atomic E-state index is 5.65. The largest absolute Gasteiger partial charge is 0.492 e. The predicted octanol–water partition coefficient (Wildman–Crippen LogP) is 2.80. The van der Waals surface area contributed by atoms with E-state index >= 15 is 0 Å². The van der Waals surface area contributed by atoms with E-state index in [1.165, 1.54) is 12.8 Å². The minimum Gasteiger partial charge on any atom is -0.492 e. The van der Waals surface area contributed by atoms with Gasteiger partial charge in [-0.15, -0.1) is 0 Å². The molecule has 1 aliphatic rings. The van der Waals surface area contributed by atoms with Gasteiger partial charge < -0.3 is 15.0 Å². The van der Waals surface area contributed by atoms with E-state index in [1.54, 1.807) is 0 Å². The molecule has 3 nitrogen and oxygen atoms in total. The van der Waals surface area contributed by atoms with Gasteiger partial charge in [0.05, 0.1) is 6.54 Å². The Hall–Kier alpha value is -0.810. The van der Waals surface area contributed by atoms with Crippen LogP contribution in [0.15, 0.2) is 28.7 Å². The van der Waals surface area contributed by atoms with Gasteiger partial charge in [0.1, 0.15) is 12.4 Å². The lowest BCUT2D eigenvalue weighted by molar-refractivity contribution is 0.283. The molecule has 0 radical (unpaired) electrons. The van der Waals surface area contributed by atoms with Crippen LogP contribution in [0.5, 0.6) is 5.75 Å². The van der Waals surface area contributed by atoms with Crippen LogP contribution < -0.4 is 10.1 Å². The van der Waals surface area contributed by atoms with Crippen molar-refractivity contribution in [3.8, 4) is 5.75 Å². The Labute approximate surface area is 122 Å². The van der Waals surface area contributed by atoms with Gasteiger partial charge in [0.25, 0.3) is 0 Å². The molecule has 0 aliphatic heterocycles. The standard InChI is InChI=1S/C13H17BrN2OS/c1-16(13(18)15-11-4-5-11)8-9-17-12-6-2-10(14)3-7-12/h2-3,6-7,11H,4-5,8-9H2,1H3,(H,15,18). The molecule has 1 aliphatic carbocycles. The Morgan fingerprint density at radius 1 is 1.44 bits per heavy atom. The molecule has 18 heavy (non-hydrogen) atoms. The third-order valence-electron chi connectivity index (χ3n) is 2.76. The summed E-state index contributed by atoms with van der Waals surface area (Å²) < 4.78 is 6.71. The molecule has 0 spiro atoms. The highest BCUT2D eigenvalue weighted by Gasteiger charge is 2.22. The molecule has 98 valence electrons. The zero-order valence-corrected chi connectivity index (χ0v) is 12.8. The zero-order valence-electron chi connectivity index (χ0n) is 10.4. The van der Waals surface area contributed by atoms with Gasteiger partial charge in [-0.2, -0.15) is 0 Å². The monoisotopic (exact) mass is 328 g/mol. The summed E-state index contributed by atoms with van der Waals surface area (Å²) in [6.07, 6.45) is 2.48. The number of rotatable bonds is 5. The second kappa shape index (κ2) is 6.38. The van der Waals surface area contributed by atoms with E-state index in [4.69, 9.17) is 17.0 Å². The van der Waals surface area contributed by atoms with Crippen LogP contribution >= 0.6 is 28.1 Å². The molecule has 0 unspecified atom stereocenters. The fourth-order valence-corrected chi connectivity index (χ4v) is 1.97. The average Bonchev–Trinajstić information content (AvgIpc) is 3.15. The molecule has 0 aromatic heterocycles. The summed E-state index contributed by atoms with van der Waals surface area (Å²) in [5, 5.41) is 4.12. The highest BCUT2D eigenvalue weighted by Crippen LogP contribution is 2.19. The van der Waals surface area contributed by atoms with Crippen LogP contribution in [0, 0.1) is 0 Å². The molecule has 0 bridgehead atoms. The molecule has 1 aromatic carbocycles. The van der Waals surface area contributed by atoms with Gasteiger partial charge in [-0.25, -0.2) is 0 Å². The van der Waals surface area contributed by atoms with E-state index < -0.39 is 0 Å². The first kappa shape index (κ1) is 13.6. The molecule has 2 rings (SSSR count). The van der Waals surface area contributed by atoms with Crippen LogP contribution in [0.4, 0.5) is 0 Å². The maximum Gasteiger partial charge on any atom is 0.169 e. The third-order valence-corrected chi connectivity index (χ3v) is 3.72. The van der Waals surface area contributed by atoms with E-state index in [0.717, 1.165) is 21.9 Å². The topological polar surface area (TPSA) is 24.5 Å². The second-order valence-electron chi connectivity index (χ2n) is 4.45. The summed E-state index contributed by atoms with van der Waals surface area (Å²) in [4.78, 5) is 2.02. The SMILES string of the molecule is CN(CCOc1ccc(Br)cc1)C(=S)NC1CC1. The Morgan fingerprint density at radius 3 is 2.72 bits per heavy atom. The molecule has 0 atom stereocenters. The number of likely N-dealkylation sites (N-methyl/N-ethyl adjacent to an activating group) is 1. The average molecular weight is 329 g/mol. The molecule has 0 amide bonds. The van der Waals surface area contributed by atoms with Gasteiger partial charge in [0.2, 0.25) is 0 Å². The van der Waals surface area contributed by atoms with Crippen molar-refractivity contribution in [3.05, 3.63) is 28.7 Å². The van der Waals surface area contributed by atoms with Crippen molar-refractivity contribution < 1.29 is 4.74 Å². The second-order valence-corrected chi connectivity index (χ2v) is 5.75. The summed E-state index contributed by atoms with van der Waals surface area (Å²) in [7, 11) is 1.99. The van der Waals surface area contributed by atoms with E-state index in [9.17, 15) is 0 Å². The normalized spacial score (nSPS) is 14.1. The lowest BCUT2D eigenvalue weighted by Crippen LogP contribution is -2.40. The molecule has 1 fully saturated rings. The van der Waals surface area contributed by atoms with Gasteiger partial charge in [-0.1, -0.05) is 15.9 Å². The number of thiocarbonyl (C=S) groups is 1. The quantitative estimate of drug-likeness (QED) is 0.840. The Kier molecular flexibility index (Phi) is 4.83. The molecular weight excluding hydrogens is 312 g/mol. The highest BCUT2D eigenvalue weighted by molar-refractivity contribution is 9.10. The number of halogens is 1. The minimum absolute atomic E-state index is 0.604. The Morgan fingerprint density at radius 2 is 2.11 bits per heavy atom. The van der Waals surface area contributed by atoms with Crippen molar-refractivity contribution in [1.29, 1.82) is 0 Å². The fourth-order valence-electron chi connectivity index (χ4n) is 1.45. The Bertz CT molecular complexity index is 406. The first-order valence-corrected chi connectivity index (χ1v) is 7.25. The van der Waals surface area contributed by atoms with Gasteiger partial charge in [0.15, 0.2) is 5.11 Å². The molecule has 5 heteroatoms. The lowest BCUT2D eigenvalue weighted by atomic mass is 10.3. The summed E-state index contributed by atoms with van der Waals surface area (Å²) in [5.74, 6) is 0.882. The molecule has 1 saturated carbocycles. The number of benzene rings is 1. The summed E-state index contributed by atoms with van der Waals surface area (Å²) in [6.45, 7) is 1.42. The summed E-state index contributed by atoms with van der Waals surface area (Å²) in [6, 6.07) is 8.44. The van der Waals surface area contributed by atoms with Crippen LogP contribution in [0.3, 0.4) is 0 Å². The molecular formula is C13H17BrN2OS. The first-order valence-electron chi connectivity index (χ1n) is 6.05. The van der Waals surface area contributed by atoms with E-state index in [2.05, 4.69) is 21.2 Å². The minimum atomic E-state index is 0.604. The fraction of sp³-hybridized carbons (Fsp3) is 0.462. The van der Waals surface area contributed by atoms with E-state index in [1.807, 2.05) is 36.2 Å². The number of ether oxygens (including phenoxy) is 1. The molecule has 1 N–H and O–H groups in total. The molecule has 1 aromatic rings. The van der Waals surface area contributed by atoms with Crippen LogP contribution in [0.25, 0.3) is 0 Å². The zero-order chi connectivity index (χ0) is 13.0. The van der Waals surface area contributed by atoms with Crippen molar-refractivity contribution >= 4 is 33.3 Å². The molecule has 0 saturated heterocycles. The van der Waals surface area contributed by atoms with Gasteiger partial charge in [-0.05, 0) is 49.3 Å². The lowest BCUT2D eigenvalue weighted by Gasteiger charge is -2.21. The van der Waals surface area contributed by atoms with E-state index in [-0.39, 0.29) is 0 Å². The van der Waals surface area contributed by atoms with Crippen molar-refractivity contribution in [2.45, 2.75) is 18.9 Å². The van der Waals surface area contributed by atoms with Crippen LogP contribution in [-0.2, 0) is 0 Å². The summed E-state index contributed by atoms with van der Waals surface area (Å²) >= 11 is 8.69. The van der Waals surface area contributed by atoms with Crippen molar-refractivity contribution in [2.24, 2.45) is 0 Å². The smallest absolute Gasteiger partial charge is 0.169 e. The molecule has 0 heterocycles. The van der Waals surface area contributed by atoms with Gasteiger partial charge >= 0.3 is 0 Å². The van der Waals surface area contributed by atoms with Crippen molar-refractivity contribution in [3.63, 3.8) is 0 Å². The van der Waals surface area contributed by atoms with Crippen LogP contribution in [-0.4, -0.2) is 36.3 Å². The van der Waals surface area contributed by atoms with Gasteiger partial charge in [0, 0.05) is 17.6 Å². The Balaban J connectivity index is 1.67. The number of nitrogens with one attached hydrogen (secondary N) is 1. The van der Waals surface area contributed by atoms with Crippen LogP contribution in [0.2, 0.25) is 0 Å². The number of nitrogens with zero attached hydrogens (tertiary/aromatic N) is 1. The highest BCUT2D eigenvalue weighted by atomic mass is 79.9. The summed E-state index contributed by atoms with van der Waals surface area (Å²) in [5.41, 5.74) is 0. The third kappa shape index (κ3) is 4.46. The van der Waals surface area contributed by atoms with Crippen molar-refractivity contribution in [1.82, 2.24) is 10.2 Å². The number of hydrogen-bond donors (Lipinski definition) is 1. The van der Waals surface area contributed by atoms with Gasteiger partial charge in [-0.3, -0.25) is 0 Å². The van der Waals surface area contributed by atoms with Crippen LogP contribution in [0.1, 0.15) is 12.8 Å². The van der Waals surface area contributed by atoms with E-state index in [0.29, 0.717) is 12.6 Å². The predicted molar refractivity (Wildman–Crippen MR) is 81.0 cm³/mol.